The van der Waals surface area contributed by atoms with Gasteiger partial charge in [-0.1, -0.05) is 19.1 Å². The Morgan fingerprint density at radius 2 is 1.74 bits per heavy atom. The van der Waals surface area contributed by atoms with Crippen molar-refractivity contribution in [3.8, 4) is 0 Å². The van der Waals surface area contributed by atoms with Gasteiger partial charge in [0.1, 0.15) is 4.90 Å². The maximum atomic E-state index is 11.9. The van der Waals surface area contributed by atoms with Crippen molar-refractivity contribution < 1.29 is 16.8 Å². The molecule has 0 bridgehead atoms. The van der Waals surface area contributed by atoms with Gasteiger partial charge in [-0.3, -0.25) is 0 Å². The van der Waals surface area contributed by atoms with Crippen LogP contribution >= 0.6 is 0 Å². The number of sulfonamides is 2. The van der Waals surface area contributed by atoms with E-state index in [-0.39, 0.29) is 29.4 Å². The molecule has 0 aromatic heterocycles. The van der Waals surface area contributed by atoms with Crippen molar-refractivity contribution in [1.82, 2.24) is 9.44 Å². The first kappa shape index (κ1) is 15.9. The van der Waals surface area contributed by atoms with Crippen LogP contribution in [0.15, 0.2) is 29.2 Å². The van der Waals surface area contributed by atoms with Gasteiger partial charge in [0.2, 0.25) is 20.0 Å². The summed E-state index contributed by atoms with van der Waals surface area (Å²) in [6.45, 7) is 1.69. The lowest BCUT2D eigenvalue weighted by molar-refractivity contribution is 0.577. The number of hydrogen-bond donors (Lipinski definition) is 3. The summed E-state index contributed by atoms with van der Waals surface area (Å²) in [7, 11) is -7.25. The highest BCUT2D eigenvalue weighted by atomic mass is 32.2. The predicted molar refractivity (Wildman–Crippen MR) is 73.5 cm³/mol. The monoisotopic (exact) mass is 307 g/mol. The standard InChI is InChI=1S/C10H17N3O4S2/c1-2-12-18(14,15)8-7-13-19(16,17)10-6-4-3-5-9(10)11/h3-6,12-13H,2,7-8,11H2,1H3. The van der Waals surface area contributed by atoms with Crippen LogP contribution in [0.2, 0.25) is 0 Å². The van der Waals surface area contributed by atoms with Crippen molar-refractivity contribution in [3.63, 3.8) is 0 Å². The van der Waals surface area contributed by atoms with E-state index < -0.39 is 20.0 Å². The summed E-state index contributed by atoms with van der Waals surface area (Å²) in [5.74, 6) is -0.327. The van der Waals surface area contributed by atoms with Crippen molar-refractivity contribution >= 4 is 25.7 Å². The van der Waals surface area contributed by atoms with Crippen molar-refractivity contribution in [2.45, 2.75) is 11.8 Å². The second kappa shape index (κ2) is 6.33. The van der Waals surface area contributed by atoms with Crippen molar-refractivity contribution in [3.05, 3.63) is 24.3 Å². The molecule has 0 saturated carbocycles. The molecule has 0 aliphatic carbocycles. The summed E-state index contributed by atoms with van der Waals surface area (Å²) in [6, 6.07) is 5.98. The minimum atomic E-state index is -3.80. The molecule has 19 heavy (non-hydrogen) atoms. The van der Waals surface area contributed by atoms with Gasteiger partial charge in [0.25, 0.3) is 0 Å². The highest BCUT2D eigenvalue weighted by Gasteiger charge is 2.17. The van der Waals surface area contributed by atoms with Crippen LogP contribution in [-0.4, -0.2) is 35.7 Å². The molecule has 0 saturated heterocycles. The fourth-order valence-corrected chi connectivity index (χ4v) is 3.65. The van der Waals surface area contributed by atoms with Gasteiger partial charge in [0, 0.05) is 13.1 Å². The Bertz CT molecular complexity index is 626. The van der Waals surface area contributed by atoms with E-state index in [1.165, 1.54) is 12.1 Å². The maximum absolute atomic E-state index is 11.9. The van der Waals surface area contributed by atoms with Gasteiger partial charge in [-0.05, 0) is 12.1 Å². The zero-order valence-electron chi connectivity index (χ0n) is 10.5. The summed E-state index contributed by atoms with van der Waals surface area (Å²) in [5, 5.41) is 0. The Labute approximate surface area is 113 Å². The van der Waals surface area contributed by atoms with Crippen LogP contribution in [0.1, 0.15) is 6.92 Å². The molecule has 4 N–H and O–H groups in total. The van der Waals surface area contributed by atoms with Crippen LogP contribution in [-0.2, 0) is 20.0 Å². The van der Waals surface area contributed by atoms with Gasteiger partial charge < -0.3 is 5.73 Å². The molecule has 1 aromatic carbocycles. The number of nitrogens with one attached hydrogen (secondary N) is 2. The molecule has 0 spiro atoms. The normalized spacial score (nSPS) is 12.5. The lowest BCUT2D eigenvalue weighted by Crippen LogP contribution is -2.34. The smallest absolute Gasteiger partial charge is 0.242 e. The fraction of sp³-hybridized carbons (Fsp3) is 0.400. The van der Waals surface area contributed by atoms with Crippen LogP contribution in [0.3, 0.4) is 0 Å². The van der Waals surface area contributed by atoms with Gasteiger partial charge >= 0.3 is 0 Å². The Kier molecular flexibility index (Phi) is 5.29. The van der Waals surface area contributed by atoms with Crippen LogP contribution in [0.5, 0.6) is 0 Å². The molecule has 0 radical (unpaired) electrons. The first-order chi connectivity index (χ1) is 8.78. The number of hydrogen-bond acceptors (Lipinski definition) is 5. The predicted octanol–water partition coefficient (Wildman–Crippen LogP) is -0.514. The molecule has 0 amide bonds. The molecule has 0 heterocycles. The molecule has 108 valence electrons. The average Bonchev–Trinajstić information content (AvgIpc) is 2.28. The van der Waals surface area contributed by atoms with E-state index in [0.717, 1.165) is 0 Å². The molecule has 0 atom stereocenters. The summed E-state index contributed by atoms with van der Waals surface area (Å²) in [6.07, 6.45) is 0. The number of benzene rings is 1. The summed E-state index contributed by atoms with van der Waals surface area (Å²) >= 11 is 0. The fourth-order valence-electron chi connectivity index (χ4n) is 1.41. The highest BCUT2D eigenvalue weighted by Crippen LogP contribution is 2.16. The first-order valence-corrected chi connectivity index (χ1v) is 8.73. The third-order valence-electron chi connectivity index (χ3n) is 2.24. The molecule has 7 nitrogen and oxygen atoms in total. The molecule has 0 fully saturated rings. The first-order valence-electron chi connectivity index (χ1n) is 5.60. The van der Waals surface area contributed by atoms with E-state index >= 15 is 0 Å². The minimum absolute atomic E-state index is 0.0594. The molecule has 0 aliphatic rings. The third kappa shape index (κ3) is 4.78. The SMILES string of the molecule is CCNS(=O)(=O)CCNS(=O)(=O)c1ccccc1N. The van der Waals surface area contributed by atoms with Gasteiger partial charge in [-0.2, -0.15) is 0 Å². The molecule has 9 heteroatoms. The van der Waals surface area contributed by atoms with Crippen LogP contribution in [0.25, 0.3) is 0 Å². The van der Waals surface area contributed by atoms with Crippen molar-refractivity contribution in [2.24, 2.45) is 0 Å². The Morgan fingerprint density at radius 3 is 2.32 bits per heavy atom. The van der Waals surface area contributed by atoms with Gasteiger partial charge in [0.05, 0.1) is 11.4 Å². The Balaban J connectivity index is 2.70. The number of anilines is 1. The summed E-state index contributed by atoms with van der Waals surface area (Å²) in [5.41, 5.74) is 5.68. The quantitative estimate of drug-likeness (QED) is 0.586. The third-order valence-corrected chi connectivity index (χ3v) is 5.24. The second-order valence-electron chi connectivity index (χ2n) is 3.75. The molecule has 1 rings (SSSR count). The largest absolute Gasteiger partial charge is 0.398 e. The lowest BCUT2D eigenvalue weighted by Gasteiger charge is -2.09. The highest BCUT2D eigenvalue weighted by molar-refractivity contribution is 7.90. The summed E-state index contributed by atoms with van der Waals surface area (Å²) < 4.78 is 51.0. The van der Waals surface area contributed by atoms with E-state index in [2.05, 4.69) is 9.44 Å². The lowest BCUT2D eigenvalue weighted by atomic mass is 10.3. The van der Waals surface area contributed by atoms with Gasteiger partial charge in [0.15, 0.2) is 0 Å². The minimum Gasteiger partial charge on any atom is -0.398 e. The van der Waals surface area contributed by atoms with E-state index in [0.29, 0.717) is 0 Å². The number of rotatable bonds is 7. The van der Waals surface area contributed by atoms with E-state index in [1.54, 1.807) is 19.1 Å². The molecule has 1 aromatic rings. The Hall–Kier alpha value is -1.16. The van der Waals surface area contributed by atoms with Crippen LogP contribution in [0.4, 0.5) is 5.69 Å². The summed E-state index contributed by atoms with van der Waals surface area (Å²) in [4.78, 5) is -0.0594. The average molecular weight is 307 g/mol. The van der Waals surface area contributed by atoms with Crippen LogP contribution < -0.4 is 15.2 Å². The van der Waals surface area contributed by atoms with Gasteiger partial charge in [-0.15, -0.1) is 0 Å². The Morgan fingerprint density at radius 1 is 1.11 bits per heavy atom. The second-order valence-corrected chi connectivity index (χ2v) is 7.41. The number of nitrogens with two attached hydrogens (primary N) is 1. The number of para-hydroxylation sites is 1. The van der Waals surface area contributed by atoms with E-state index in [9.17, 15) is 16.8 Å². The zero-order valence-corrected chi connectivity index (χ0v) is 12.1. The van der Waals surface area contributed by atoms with E-state index in [1.807, 2.05) is 0 Å². The zero-order chi connectivity index (χ0) is 14.5. The maximum Gasteiger partial charge on any atom is 0.242 e. The van der Waals surface area contributed by atoms with Crippen molar-refractivity contribution in [2.75, 3.05) is 24.6 Å². The number of nitrogen functional groups attached to an aromatic ring is 1. The van der Waals surface area contributed by atoms with Crippen molar-refractivity contribution in [1.29, 1.82) is 0 Å². The van der Waals surface area contributed by atoms with Gasteiger partial charge in [-0.25, -0.2) is 26.3 Å². The molecular weight excluding hydrogens is 290 g/mol. The topological polar surface area (TPSA) is 118 Å². The molecule has 0 aliphatic heterocycles. The van der Waals surface area contributed by atoms with E-state index in [4.69, 9.17) is 5.73 Å². The molecular formula is C10H17N3O4S2. The molecule has 0 unspecified atom stereocenters. The van der Waals surface area contributed by atoms with Crippen LogP contribution in [0, 0.1) is 0 Å².